The summed E-state index contributed by atoms with van der Waals surface area (Å²) >= 11 is 5.21. The second-order valence-corrected chi connectivity index (χ2v) is 8.08. The zero-order valence-corrected chi connectivity index (χ0v) is 14.4. The van der Waals surface area contributed by atoms with E-state index >= 15 is 0 Å². The third-order valence-electron chi connectivity index (χ3n) is 5.49. The summed E-state index contributed by atoms with van der Waals surface area (Å²) in [5, 5.41) is 3.23. The predicted molar refractivity (Wildman–Crippen MR) is 91.1 cm³/mol. The van der Waals surface area contributed by atoms with Crippen LogP contribution in [0.3, 0.4) is 0 Å². The van der Waals surface area contributed by atoms with Gasteiger partial charge in [-0.05, 0) is 43.4 Å². The van der Waals surface area contributed by atoms with E-state index in [1.54, 1.807) is 0 Å². The van der Waals surface area contributed by atoms with Gasteiger partial charge in [0, 0.05) is 6.54 Å². The molecule has 0 aromatic carbocycles. The van der Waals surface area contributed by atoms with Crippen LogP contribution in [0.15, 0.2) is 0 Å². The lowest BCUT2D eigenvalue weighted by Crippen LogP contribution is -2.49. The van der Waals surface area contributed by atoms with Crippen molar-refractivity contribution in [3.63, 3.8) is 0 Å². The minimum Gasteiger partial charge on any atom is -0.392 e. The smallest absolute Gasteiger partial charge is 0.233 e. The number of amides is 1. The topological polar surface area (TPSA) is 55.1 Å². The van der Waals surface area contributed by atoms with E-state index < -0.39 is 5.41 Å². The van der Waals surface area contributed by atoms with E-state index in [9.17, 15) is 4.79 Å². The molecule has 0 atom stereocenters. The van der Waals surface area contributed by atoms with Crippen molar-refractivity contribution in [3.8, 4) is 0 Å². The lowest BCUT2D eigenvalue weighted by Gasteiger charge is -2.34. The van der Waals surface area contributed by atoms with E-state index in [1.807, 2.05) is 0 Å². The second kappa shape index (κ2) is 6.64. The summed E-state index contributed by atoms with van der Waals surface area (Å²) in [4.78, 5) is 13.1. The fraction of sp³-hybridized carbons (Fsp3) is 0.882. The first-order chi connectivity index (χ1) is 9.90. The van der Waals surface area contributed by atoms with Crippen LogP contribution >= 0.6 is 12.2 Å². The van der Waals surface area contributed by atoms with Crippen LogP contribution < -0.4 is 11.1 Å². The number of carbonyl (C=O) groups is 1. The Balaban J connectivity index is 2.00. The SMILES string of the molecule is CC(C)CC1(CNC(=O)C2(C(N)=S)CCCC2)CCCC1. The van der Waals surface area contributed by atoms with Crippen LogP contribution in [0, 0.1) is 16.7 Å². The summed E-state index contributed by atoms with van der Waals surface area (Å²) in [6.07, 6.45) is 10.0. The monoisotopic (exact) mass is 310 g/mol. The Bertz CT molecular complexity index is 394. The number of hydrogen-bond acceptors (Lipinski definition) is 2. The van der Waals surface area contributed by atoms with Crippen LogP contribution in [-0.2, 0) is 4.79 Å². The van der Waals surface area contributed by atoms with Gasteiger partial charge in [-0.25, -0.2) is 0 Å². The van der Waals surface area contributed by atoms with Gasteiger partial charge in [-0.1, -0.05) is 51.7 Å². The Morgan fingerprint density at radius 3 is 2.14 bits per heavy atom. The maximum absolute atomic E-state index is 12.7. The van der Waals surface area contributed by atoms with Gasteiger partial charge in [0.15, 0.2) is 0 Å². The number of carbonyl (C=O) groups excluding carboxylic acids is 1. The fourth-order valence-corrected chi connectivity index (χ4v) is 4.74. The van der Waals surface area contributed by atoms with Crippen molar-refractivity contribution in [3.05, 3.63) is 0 Å². The number of nitrogens with two attached hydrogens (primary N) is 1. The van der Waals surface area contributed by atoms with Crippen LogP contribution in [0.4, 0.5) is 0 Å². The van der Waals surface area contributed by atoms with E-state index in [4.69, 9.17) is 18.0 Å². The lowest BCUT2D eigenvalue weighted by atomic mass is 9.78. The molecule has 2 aliphatic rings. The van der Waals surface area contributed by atoms with E-state index in [0.717, 1.165) is 32.2 Å². The molecule has 120 valence electrons. The Morgan fingerprint density at radius 1 is 1.14 bits per heavy atom. The Kier molecular flexibility index (Phi) is 5.29. The molecule has 2 aliphatic carbocycles. The average molecular weight is 311 g/mol. The van der Waals surface area contributed by atoms with Gasteiger partial charge in [-0.3, -0.25) is 4.79 Å². The molecular formula is C17H30N2OS. The van der Waals surface area contributed by atoms with Crippen LogP contribution in [0.2, 0.25) is 0 Å². The molecule has 0 saturated heterocycles. The third-order valence-corrected chi connectivity index (χ3v) is 5.88. The summed E-state index contributed by atoms with van der Waals surface area (Å²) in [6, 6.07) is 0. The summed E-state index contributed by atoms with van der Waals surface area (Å²) < 4.78 is 0. The summed E-state index contributed by atoms with van der Waals surface area (Å²) in [5.74, 6) is 0.763. The number of thiocarbonyl (C=S) groups is 1. The Labute approximate surface area is 134 Å². The maximum Gasteiger partial charge on any atom is 0.233 e. The second-order valence-electron chi connectivity index (χ2n) is 7.64. The molecule has 0 heterocycles. The number of nitrogens with one attached hydrogen (secondary N) is 1. The molecule has 1 amide bonds. The lowest BCUT2D eigenvalue weighted by molar-refractivity contribution is -0.127. The quantitative estimate of drug-likeness (QED) is 0.738. The van der Waals surface area contributed by atoms with Crippen molar-refractivity contribution in [2.24, 2.45) is 22.5 Å². The summed E-state index contributed by atoms with van der Waals surface area (Å²) in [5.41, 5.74) is 5.64. The average Bonchev–Trinajstić information content (AvgIpc) is 3.05. The zero-order valence-electron chi connectivity index (χ0n) is 13.5. The highest BCUT2D eigenvalue weighted by molar-refractivity contribution is 7.80. The standard InChI is InChI=1S/C17H30N2OS/c1-13(2)11-16(7-3-4-8-16)12-19-15(20)17(14(18)21)9-5-6-10-17/h13H,3-12H2,1-2H3,(H2,18,21)(H,19,20). The van der Waals surface area contributed by atoms with Crippen LogP contribution in [0.5, 0.6) is 0 Å². The van der Waals surface area contributed by atoms with Gasteiger partial charge >= 0.3 is 0 Å². The van der Waals surface area contributed by atoms with Gasteiger partial charge in [0.2, 0.25) is 5.91 Å². The molecule has 0 bridgehead atoms. The normalized spacial score (nSPS) is 23.4. The minimum atomic E-state index is -0.563. The molecule has 0 unspecified atom stereocenters. The molecule has 0 aliphatic heterocycles. The van der Waals surface area contributed by atoms with E-state index in [0.29, 0.717) is 16.3 Å². The fourth-order valence-electron chi connectivity index (χ4n) is 4.44. The molecule has 0 aromatic heterocycles. The van der Waals surface area contributed by atoms with Crippen molar-refractivity contribution in [1.29, 1.82) is 0 Å². The molecule has 2 rings (SSSR count). The highest BCUT2D eigenvalue weighted by atomic mass is 32.1. The van der Waals surface area contributed by atoms with Gasteiger partial charge in [0.05, 0.1) is 10.4 Å². The van der Waals surface area contributed by atoms with Crippen LogP contribution in [-0.4, -0.2) is 17.4 Å². The molecule has 3 N–H and O–H groups in total. The molecule has 3 nitrogen and oxygen atoms in total. The molecule has 4 heteroatoms. The van der Waals surface area contributed by atoms with Crippen molar-refractivity contribution < 1.29 is 4.79 Å². The molecule has 0 spiro atoms. The van der Waals surface area contributed by atoms with Gasteiger partial charge in [-0.15, -0.1) is 0 Å². The van der Waals surface area contributed by atoms with Gasteiger partial charge in [0.25, 0.3) is 0 Å². The van der Waals surface area contributed by atoms with Crippen LogP contribution in [0.25, 0.3) is 0 Å². The molecule has 0 aromatic rings. The number of rotatable bonds is 6. The van der Waals surface area contributed by atoms with Gasteiger partial charge < -0.3 is 11.1 Å². The molecule has 0 radical (unpaired) electrons. The van der Waals surface area contributed by atoms with E-state index in [1.165, 1.54) is 32.1 Å². The van der Waals surface area contributed by atoms with Crippen molar-refractivity contribution in [2.75, 3.05) is 6.54 Å². The maximum atomic E-state index is 12.7. The first-order valence-corrected chi connectivity index (χ1v) is 8.89. The summed E-state index contributed by atoms with van der Waals surface area (Å²) in [6.45, 7) is 5.35. The Morgan fingerprint density at radius 2 is 1.67 bits per heavy atom. The highest BCUT2D eigenvalue weighted by Gasteiger charge is 2.45. The van der Waals surface area contributed by atoms with Crippen molar-refractivity contribution in [2.45, 2.75) is 71.6 Å². The minimum absolute atomic E-state index is 0.0857. The molecule has 21 heavy (non-hydrogen) atoms. The summed E-state index contributed by atoms with van der Waals surface area (Å²) in [7, 11) is 0. The zero-order chi connectivity index (χ0) is 15.5. The number of hydrogen-bond donors (Lipinski definition) is 2. The molecule has 2 fully saturated rings. The van der Waals surface area contributed by atoms with E-state index in [2.05, 4.69) is 19.2 Å². The van der Waals surface area contributed by atoms with Crippen LogP contribution in [0.1, 0.15) is 71.6 Å². The molecule has 2 saturated carbocycles. The predicted octanol–water partition coefficient (Wildman–Crippen LogP) is 3.56. The third kappa shape index (κ3) is 3.58. The first-order valence-electron chi connectivity index (χ1n) is 8.48. The largest absolute Gasteiger partial charge is 0.392 e. The van der Waals surface area contributed by atoms with E-state index in [-0.39, 0.29) is 5.91 Å². The Hall–Kier alpha value is -0.640. The van der Waals surface area contributed by atoms with Crippen molar-refractivity contribution in [1.82, 2.24) is 5.32 Å². The highest BCUT2D eigenvalue weighted by Crippen LogP contribution is 2.43. The first kappa shape index (κ1) is 16.7. The van der Waals surface area contributed by atoms with Gasteiger partial charge in [0.1, 0.15) is 0 Å². The van der Waals surface area contributed by atoms with Crippen molar-refractivity contribution >= 4 is 23.1 Å². The van der Waals surface area contributed by atoms with Gasteiger partial charge in [-0.2, -0.15) is 0 Å². The molecular weight excluding hydrogens is 280 g/mol.